The van der Waals surface area contributed by atoms with E-state index in [4.69, 9.17) is 32.2 Å². The molecule has 0 saturated carbocycles. The highest BCUT2D eigenvalue weighted by Gasteiger charge is 2.47. The van der Waals surface area contributed by atoms with Gasteiger partial charge in [-0.3, -0.25) is 9.09 Å². The number of rotatable bonds is 3. The van der Waals surface area contributed by atoms with Gasteiger partial charge >= 0.3 is 7.60 Å². The molecule has 140 valence electrons. The molecule has 3 nitrogen and oxygen atoms in total. The van der Waals surface area contributed by atoms with E-state index >= 15 is 0 Å². The Morgan fingerprint density at radius 1 is 1.04 bits per heavy atom. The van der Waals surface area contributed by atoms with E-state index in [9.17, 15) is 4.57 Å². The van der Waals surface area contributed by atoms with E-state index < -0.39 is 7.60 Å². The zero-order valence-electron chi connectivity index (χ0n) is 14.8. The molecule has 2 unspecified atom stereocenters. The summed E-state index contributed by atoms with van der Waals surface area (Å²) in [6.07, 6.45) is 4.36. The fourth-order valence-electron chi connectivity index (χ4n) is 3.71. The molecule has 0 radical (unpaired) electrons. The Hall–Kier alpha value is -1.35. The normalized spacial score (nSPS) is 26.5. The Balaban J connectivity index is 1.80. The number of benzene rings is 2. The van der Waals surface area contributed by atoms with Gasteiger partial charge in [0.05, 0.1) is 5.31 Å². The first-order chi connectivity index (χ1) is 13.0. The lowest BCUT2D eigenvalue weighted by Gasteiger charge is -2.20. The molecule has 0 fully saturated rings. The zero-order valence-corrected chi connectivity index (χ0v) is 17.2. The molecule has 27 heavy (non-hydrogen) atoms. The van der Waals surface area contributed by atoms with Crippen LogP contribution in [-0.2, 0) is 13.6 Å². The highest BCUT2D eigenvalue weighted by Crippen LogP contribution is 2.70. The molecule has 1 aliphatic heterocycles. The van der Waals surface area contributed by atoms with Crippen molar-refractivity contribution in [2.75, 3.05) is 7.11 Å². The molecule has 2 aromatic rings. The summed E-state index contributed by atoms with van der Waals surface area (Å²) in [4.78, 5) is 0. The molecule has 1 heterocycles. The zero-order chi connectivity index (χ0) is 19.0. The van der Waals surface area contributed by atoms with Gasteiger partial charge < -0.3 is 4.52 Å². The van der Waals surface area contributed by atoms with Crippen LogP contribution in [0.25, 0.3) is 6.08 Å². The third kappa shape index (κ3) is 3.68. The molecule has 4 rings (SSSR count). The summed E-state index contributed by atoms with van der Waals surface area (Å²) in [7, 11) is -1.92. The van der Waals surface area contributed by atoms with Crippen molar-refractivity contribution in [3.05, 3.63) is 86.2 Å². The predicted molar refractivity (Wildman–Crippen MR) is 110 cm³/mol. The summed E-state index contributed by atoms with van der Waals surface area (Å²) >= 11 is 12.0. The molecule has 0 N–H and O–H groups in total. The molecular formula is C21H19Cl2O3P. The van der Waals surface area contributed by atoms with Crippen LogP contribution in [-0.4, -0.2) is 7.11 Å². The summed E-state index contributed by atoms with van der Waals surface area (Å²) in [5, 5.41) is 2.09. The van der Waals surface area contributed by atoms with Crippen LogP contribution in [0.1, 0.15) is 36.5 Å². The molecule has 0 aromatic heterocycles. The topological polar surface area (TPSA) is 35.5 Å². The maximum Gasteiger partial charge on any atom is 0.362 e. The molecule has 0 saturated heterocycles. The average Bonchev–Trinajstić information content (AvgIpc) is 2.99. The molecule has 2 aromatic carbocycles. The number of hydrogen-bond donors (Lipinski definition) is 0. The molecule has 2 aliphatic rings. The monoisotopic (exact) mass is 420 g/mol. The lowest BCUT2D eigenvalue weighted by molar-refractivity contribution is 0.205. The van der Waals surface area contributed by atoms with Crippen molar-refractivity contribution in [1.29, 1.82) is 0 Å². The van der Waals surface area contributed by atoms with Crippen LogP contribution >= 0.6 is 30.8 Å². The molecular weight excluding hydrogens is 402 g/mol. The van der Waals surface area contributed by atoms with Crippen molar-refractivity contribution in [3.63, 3.8) is 0 Å². The summed E-state index contributed by atoms with van der Waals surface area (Å²) in [5.74, 6) is 0. The Kier molecular flexibility index (Phi) is 5.33. The first kappa shape index (κ1) is 19.0. The van der Waals surface area contributed by atoms with Gasteiger partial charge in [-0.15, -0.1) is 0 Å². The minimum absolute atomic E-state index is 0.364. The summed E-state index contributed by atoms with van der Waals surface area (Å²) in [5.41, 5.74) is 4.02. The molecule has 0 amide bonds. The van der Waals surface area contributed by atoms with E-state index in [0.29, 0.717) is 10.0 Å². The third-order valence-corrected chi connectivity index (χ3v) is 7.55. The second kappa shape index (κ2) is 7.58. The first-order valence-electron chi connectivity index (χ1n) is 8.80. The highest BCUT2D eigenvalue weighted by atomic mass is 35.5. The average molecular weight is 421 g/mol. The van der Waals surface area contributed by atoms with Crippen LogP contribution in [0.3, 0.4) is 0 Å². The maximum absolute atomic E-state index is 13.5. The van der Waals surface area contributed by atoms with E-state index in [1.54, 1.807) is 0 Å². The fourth-order valence-corrected chi connectivity index (χ4v) is 5.97. The molecule has 0 bridgehead atoms. The van der Waals surface area contributed by atoms with Crippen LogP contribution in [0.2, 0.25) is 10.0 Å². The second-order valence-electron chi connectivity index (χ2n) is 6.67. The lowest BCUT2D eigenvalue weighted by Crippen LogP contribution is -2.04. The van der Waals surface area contributed by atoms with E-state index in [-0.39, 0.29) is 6.10 Å². The van der Waals surface area contributed by atoms with Gasteiger partial charge in [0.2, 0.25) is 0 Å². The van der Waals surface area contributed by atoms with Gasteiger partial charge in [0.1, 0.15) is 6.10 Å². The maximum atomic E-state index is 13.5. The smallest absolute Gasteiger partial charge is 0.309 e. The highest BCUT2D eigenvalue weighted by molar-refractivity contribution is 7.59. The number of hydrogen-bond acceptors (Lipinski definition) is 3. The van der Waals surface area contributed by atoms with Gasteiger partial charge in [0.15, 0.2) is 0 Å². The van der Waals surface area contributed by atoms with Gasteiger partial charge in [0.25, 0.3) is 0 Å². The standard InChI is InChI=1S/C21H19Cl2O3P/c1-25-27(24)21-16(13-14-5-9-17(22)10-6-14)3-2-4-19(21)20(26-27)15-7-11-18(23)12-8-15/h5-13,20H,2-4H2,1H3/b16-13+. The van der Waals surface area contributed by atoms with Gasteiger partial charge in [-0.2, -0.15) is 0 Å². The van der Waals surface area contributed by atoms with Crippen molar-refractivity contribution >= 4 is 36.9 Å². The largest absolute Gasteiger partial charge is 0.362 e. The fraction of sp³-hybridized carbons (Fsp3) is 0.238. The van der Waals surface area contributed by atoms with Crippen molar-refractivity contribution in [1.82, 2.24) is 0 Å². The molecule has 0 spiro atoms. The van der Waals surface area contributed by atoms with Crippen LogP contribution in [0.4, 0.5) is 0 Å². The van der Waals surface area contributed by atoms with Gasteiger partial charge in [-0.1, -0.05) is 53.5 Å². The minimum Gasteiger partial charge on any atom is -0.309 e. The number of allylic oxidation sites excluding steroid dienone is 2. The van der Waals surface area contributed by atoms with Crippen LogP contribution < -0.4 is 0 Å². The van der Waals surface area contributed by atoms with E-state index in [1.807, 2.05) is 48.5 Å². The number of halogens is 2. The minimum atomic E-state index is -3.37. The van der Waals surface area contributed by atoms with Crippen molar-refractivity contribution in [2.24, 2.45) is 0 Å². The van der Waals surface area contributed by atoms with Crippen molar-refractivity contribution < 1.29 is 13.6 Å². The molecule has 2 atom stereocenters. The first-order valence-corrected chi connectivity index (χ1v) is 11.1. The third-order valence-electron chi connectivity index (χ3n) is 4.96. The Morgan fingerprint density at radius 3 is 2.30 bits per heavy atom. The van der Waals surface area contributed by atoms with Crippen molar-refractivity contribution in [2.45, 2.75) is 25.4 Å². The Labute approximate surface area is 169 Å². The second-order valence-corrected chi connectivity index (χ2v) is 9.56. The molecule has 1 aliphatic carbocycles. The van der Waals surface area contributed by atoms with E-state index in [1.165, 1.54) is 7.11 Å². The van der Waals surface area contributed by atoms with Crippen LogP contribution in [0, 0.1) is 0 Å². The summed E-state index contributed by atoms with van der Waals surface area (Å²) in [6, 6.07) is 15.1. The van der Waals surface area contributed by atoms with Crippen LogP contribution in [0.5, 0.6) is 0 Å². The van der Waals surface area contributed by atoms with Gasteiger partial charge in [-0.25, -0.2) is 0 Å². The lowest BCUT2D eigenvalue weighted by atomic mass is 9.88. The SMILES string of the molecule is COP1(=O)OC(c2ccc(Cl)cc2)C2=C1/C(=C/c1ccc(Cl)cc1)CCC2. The quantitative estimate of drug-likeness (QED) is 0.484. The van der Waals surface area contributed by atoms with E-state index in [0.717, 1.165) is 46.8 Å². The Bertz CT molecular complexity index is 962. The Morgan fingerprint density at radius 2 is 1.67 bits per heavy atom. The summed E-state index contributed by atoms with van der Waals surface area (Å²) in [6.45, 7) is 0. The van der Waals surface area contributed by atoms with Gasteiger partial charge in [-0.05, 0) is 65.8 Å². The summed E-state index contributed by atoms with van der Waals surface area (Å²) < 4.78 is 24.9. The predicted octanol–water partition coefficient (Wildman–Crippen LogP) is 7.43. The van der Waals surface area contributed by atoms with Crippen molar-refractivity contribution in [3.8, 4) is 0 Å². The van der Waals surface area contributed by atoms with Crippen LogP contribution in [0.15, 0.2) is 65.0 Å². The van der Waals surface area contributed by atoms with E-state index in [2.05, 4.69) is 6.08 Å². The van der Waals surface area contributed by atoms with Gasteiger partial charge in [0, 0.05) is 17.2 Å². The molecule has 6 heteroatoms.